The van der Waals surface area contributed by atoms with Gasteiger partial charge in [0.15, 0.2) is 0 Å². The maximum atomic E-state index is 3.71. The molecule has 4 fully saturated rings. The number of anilines is 2. The lowest BCUT2D eigenvalue weighted by molar-refractivity contribution is -0.0399. The van der Waals surface area contributed by atoms with Crippen molar-refractivity contribution in [3.63, 3.8) is 0 Å². The predicted octanol–water partition coefficient (Wildman–Crippen LogP) is 8.31. The van der Waals surface area contributed by atoms with Crippen LogP contribution in [-0.2, 0) is 5.41 Å². The van der Waals surface area contributed by atoms with Crippen LogP contribution in [0.5, 0.6) is 0 Å². The van der Waals surface area contributed by atoms with E-state index >= 15 is 0 Å². The third-order valence-electron chi connectivity index (χ3n) is 9.59. The second kappa shape index (κ2) is 6.50. The summed E-state index contributed by atoms with van der Waals surface area (Å²) in [5.41, 5.74) is 8.84. The lowest BCUT2D eigenvalue weighted by atomic mass is 9.43. The van der Waals surface area contributed by atoms with Gasteiger partial charge in [-0.25, -0.2) is 0 Å². The van der Waals surface area contributed by atoms with Crippen LogP contribution in [0.1, 0.15) is 43.2 Å². The van der Waals surface area contributed by atoms with E-state index in [-0.39, 0.29) is 5.41 Å². The minimum Gasteiger partial charge on any atom is -0.355 e. The summed E-state index contributed by atoms with van der Waals surface area (Å²) in [4.78, 5) is 0. The SMILES string of the molecule is c1ccc2c(c1)-c1cc(Nc3ccc4ccccc4c3)ccc1C21C2CC3CC(C2)CC1C3. The van der Waals surface area contributed by atoms with Crippen molar-refractivity contribution in [2.24, 2.45) is 23.7 Å². The van der Waals surface area contributed by atoms with E-state index in [2.05, 4.69) is 90.2 Å². The van der Waals surface area contributed by atoms with Gasteiger partial charge in [0, 0.05) is 16.8 Å². The summed E-state index contributed by atoms with van der Waals surface area (Å²) in [6.45, 7) is 0. The molecule has 0 aliphatic heterocycles. The molecule has 9 rings (SSSR count). The second-order valence-electron chi connectivity index (χ2n) is 11.2. The van der Waals surface area contributed by atoms with Crippen LogP contribution < -0.4 is 5.32 Å². The first-order valence-electron chi connectivity index (χ1n) is 12.8. The number of benzene rings is 4. The van der Waals surface area contributed by atoms with Gasteiger partial charge < -0.3 is 5.32 Å². The Hall–Kier alpha value is -3.06. The highest BCUT2D eigenvalue weighted by atomic mass is 14.9. The average molecular weight is 428 g/mol. The zero-order valence-electron chi connectivity index (χ0n) is 18.9. The molecule has 4 aromatic carbocycles. The van der Waals surface area contributed by atoms with Crippen molar-refractivity contribution in [2.75, 3.05) is 5.32 Å². The molecule has 33 heavy (non-hydrogen) atoms. The van der Waals surface area contributed by atoms with Gasteiger partial charge in [0.05, 0.1) is 0 Å². The van der Waals surface area contributed by atoms with Gasteiger partial charge in [-0.15, -0.1) is 0 Å². The molecule has 0 saturated heterocycles. The van der Waals surface area contributed by atoms with Crippen molar-refractivity contribution in [3.8, 4) is 11.1 Å². The van der Waals surface area contributed by atoms with E-state index in [9.17, 15) is 0 Å². The highest BCUT2D eigenvalue weighted by Gasteiger charge is 2.61. The minimum atomic E-state index is 0.265. The molecule has 5 aliphatic carbocycles. The molecule has 5 aliphatic rings. The molecule has 1 spiro atoms. The average Bonchev–Trinajstić information content (AvgIpc) is 3.13. The molecule has 0 atom stereocenters. The van der Waals surface area contributed by atoms with Gasteiger partial charge in [0.25, 0.3) is 0 Å². The van der Waals surface area contributed by atoms with Crippen LogP contribution >= 0.6 is 0 Å². The summed E-state index contributed by atoms with van der Waals surface area (Å²) in [5.74, 6) is 3.64. The summed E-state index contributed by atoms with van der Waals surface area (Å²) in [6.07, 6.45) is 7.28. The standard InChI is InChI=1S/C32H29N/c1-2-6-23-18-26(10-9-22(23)5-1)33-27-11-12-31-29(19-27)28-7-3-4-8-30(28)32(31)24-14-20-13-21(16-24)17-25(32)15-20/h1-12,18-21,24-25,33H,13-17H2. The highest BCUT2D eigenvalue weighted by Crippen LogP contribution is 2.69. The molecule has 162 valence electrons. The summed E-state index contributed by atoms with van der Waals surface area (Å²) in [7, 11) is 0. The van der Waals surface area contributed by atoms with Crippen LogP contribution in [0.2, 0.25) is 0 Å². The van der Waals surface area contributed by atoms with E-state index in [1.165, 1.54) is 59.7 Å². The maximum Gasteiger partial charge on any atom is 0.0390 e. The Morgan fingerprint density at radius 3 is 2.00 bits per heavy atom. The Bertz CT molecular complexity index is 1390. The molecule has 0 amide bonds. The third-order valence-corrected chi connectivity index (χ3v) is 9.59. The molecule has 1 heteroatoms. The van der Waals surface area contributed by atoms with Crippen molar-refractivity contribution >= 4 is 22.1 Å². The summed E-state index contributed by atoms with van der Waals surface area (Å²) in [6, 6.07) is 31.9. The van der Waals surface area contributed by atoms with Gasteiger partial charge in [0.1, 0.15) is 0 Å². The molecule has 4 saturated carbocycles. The topological polar surface area (TPSA) is 12.0 Å². The van der Waals surface area contributed by atoms with E-state index in [0.29, 0.717) is 0 Å². The molecule has 1 N–H and O–H groups in total. The largest absolute Gasteiger partial charge is 0.355 e. The Morgan fingerprint density at radius 2 is 1.18 bits per heavy atom. The van der Waals surface area contributed by atoms with Crippen molar-refractivity contribution < 1.29 is 0 Å². The number of rotatable bonds is 2. The molecule has 4 aromatic rings. The van der Waals surface area contributed by atoms with E-state index in [1.54, 1.807) is 11.1 Å². The van der Waals surface area contributed by atoms with Crippen LogP contribution in [0.4, 0.5) is 11.4 Å². The van der Waals surface area contributed by atoms with Crippen molar-refractivity contribution in [1.29, 1.82) is 0 Å². The van der Waals surface area contributed by atoms with Gasteiger partial charge in [-0.1, -0.05) is 60.7 Å². The number of nitrogens with one attached hydrogen (secondary N) is 1. The van der Waals surface area contributed by atoms with Gasteiger partial charge in [0.2, 0.25) is 0 Å². The fourth-order valence-electron chi connectivity index (χ4n) is 8.67. The molecule has 0 aromatic heterocycles. The monoisotopic (exact) mass is 427 g/mol. The van der Waals surface area contributed by atoms with Crippen molar-refractivity contribution in [1.82, 2.24) is 0 Å². The van der Waals surface area contributed by atoms with Crippen LogP contribution in [0.15, 0.2) is 84.9 Å². The zero-order chi connectivity index (χ0) is 21.6. The summed E-state index contributed by atoms with van der Waals surface area (Å²) < 4.78 is 0. The normalized spacial score (nSPS) is 30.5. The number of fused-ring (bicyclic) bond motifs is 4. The zero-order valence-corrected chi connectivity index (χ0v) is 18.9. The Kier molecular flexibility index (Phi) is 3.62. The quantitative estimate of drug-likeness (QED) is 0.339. The Labute approximate surface area is 195 Å². The van der Waals surface area contributed by atoms with E-state index in [1.807, 2.05) is 0 Å². The third kappa shape index (κ3) is 2.43. The van der Waals surface area contributed by atoms with Crippen molar-refractivity contribution in [3.05, 3.63) is 96.1 Å². The van der Waals surface area contributed by atoms with Crippen LogP contribution in [0.3, 0.4) is 0 Å². The molecule has 0 heterocycles. The summed E-state index contributed by atoms with van der Waals surface area (Å²) in [5, 5.41) is 6.28. The lowest BCUT2D eigenvalue weighted by Gasteiger charge is -2.61. The van der Waals surface area contributed by atoms with Gasteiger partial charge in [-0.3, -0.25) is 0 Å². The summed E-state index contributed by atoms with van der Waals surface area (Å²) >= 11 is 0. The second-order valence-corrected chi connectivity index (χ2v) is 11.2. The highest BCUT2D eigenvalue weighted by molar-refractivity contribution is 5.88. The Balaban J connectivity index is 1.25. The fourth-order valence-corrected chi connectivity index (χ4v) is 8.67. The smallest absolute Gasteiger partial charge is 0.0390 e. The van der Waals surface area contributed by atoms with Crippen LogP contribution in [0.25, 0.3) is 21.9 Å². The van der Waals surface area contributed by atoms with Crippen LogP contribution in [0, 0.1) is 23.7 Å². The molecule has 1 nitrogen and oxygen atoms in total. The number of hydrogen-bond acceptors (Lipinski definition) is 1. The molecular weight excluding hydrogens is 398 g/mol. The molecule has 0 unspecified atom stereocenters. The van der Waals surface area contributed by atoms with E-state index in [0.717, 1.165) is 29.4 Å². The van der Waals surface area contributed by atoms with E-state index in [4.69, 9.17) is 0 Å². The molecule has 0 radical (unpaired) electrons. The predicted molar refractivity (Wildman–Crippen MR) is 137 cm³/mol. The first kappa shape index (κ1) is 18.4. The Morgan fingerprint density at radius 1 is 0.545 bits per heavy atom. The number of hydrogen-bond donors (Lipinski definition) is 1. The fraction of sp³-hybridized carbons (Fsp3) is 0.312. The molecular formula is C32H29N. The van der Waals surface area contributed by atoms with Gasteiger partial charge >= 0.3 is 0 Å². The van der Waals surface area contributed by atoms with Crippen molar-refractivity contribution in [2.45, 2.75) is 37.5 Å². The van der Waals surface area contributed by atoms with Gasteiger partial charge in [-0.05, 0) is 113 Å². The molecule has 4 bridgehead atoms. The minimum absolute atomic E-state index is 0.265. The first-order chi connectivity index (χ1) is 16.3. The van der Waals surface area contributed by atoms with E-state index < -0.39 is 0 Å². The first-order valence-corrected chi connectivity index (χ1v) is 12.8. The van der Waals surface area contributed by atoms with Crippen LogP contribution in [-0.4, -0.2) is 0 Å². The van der Waals surface area contributed by atoms with Gasteiger partial charge in [-0.2, -0.15) is 0 Å². The maximum absolute atomic E-state index is 3.71. The lowest BCUT2D eigenvalue weighted by Crippen LogP contribution is -2.55.